The van der Waals surface area contributed by atoms with Crippen LogP contribution < -0.4 is 0 Å². The third kappa shape index (κ3) is 0.950. The molecule has 0 aromatic rings. The summed E-state index contributed by atoms with van der Waals surface area (Å²) in [5.74, 6) is 0. The Labute approximate surface area is 53.3 Å². The van der Waals surface area contributed by atoms with Gasteiger partial charge in [0, 0.05) is 0 Å². The molecule has 0 N–H and O–H groups in total. The summed E-state index contributed by atoms with van der Waals surface area (Å²) in [4.78, 5) is 0. The van der Waals surface area contributed by atoms with Crippen LogP contribution in [0.2, 0.25) is 0 Å². The first kappa shape index (κ1) is 5.06. The average molecular weight is 216 g/mol. The molecule has 0 saturated carbocycles. The van der Waals surface area contributed by atoms with Gasteiger partial charge in [-0.15, -0.1) is 0 Å². The Kier molecular flexibility index (Phi) is 1.23. The highest BCUT2D eigenvalue weighted by Gasteiger charge is 2.31. The van der Waals surface area contributed by atoms with Crippen molar-refractivity contribution in [2.45, 2.75) is 3.23 Å². The van der Waals surface area contributed by atoms with E-state index < -0.39 is 0 Å². The third-order valence-corrected chi connectivity index (χ3v) is 1.54. The van der Waals surface area contributed by atoms with E-state index in [2.05, 4.69) is 31.9 Å². The van der Waals surface area contributed by atoms with E-state index in [4.69, 9.17) is 4.74 Å². The summed E-state index contributed by atoms with van der Waals surface area (Å²) in [6.45, 7) is 1.57. The molecule has 1 nitrogen and oxygen atoms in total. The second-order valence-electron chi connectivity index (χ2n) is 1.35. The van der Waals surface area contributed by atoms with Gasteiger partial charge in [-0.25, -0.2) is 0 Å². The molecule has 0 bridgehead atoms. The minimum Gasteiger partial charge on any atom is -0.377 e. The molecule has 1 aliphatic heterocycles. The quantitative estimate of drug-likeness (QED) is 0.557. The molecule has 1 fully saturated rings. The first-order valence-corrected chi connectivity index (χ1v) is 3.25. The third-order valence-electron chi connectivity index (χ3n) is 0.626. The van der Waals surface area contributed by atoms with Crippen molar-refractivity contribution in [3.63, 3.8) is 0 Å². The molecule has 0 spiro atoms. The molecule has 0 aromatic heterocycles. The Bertz CT molecular complexity index is 55.8. The Hall–Kier alpha value is 0.920. The van der Waals surface area contributed by atoms with E-state index in [9.17, 15) is 0 Å². The van der Waals surface area contributed by atoms with E-state index in [1.165, 1.54) is 0 Å². The highest BCUT2D eigenvalue weighted by molar-refractivity contribution is 9.25. The molecule has 36 valence electrons. The molecule has 1 aliphatic rings. The fourth-order valence-electron chi connectivity index (χ4n) is 0.256. The van der Waals surface area contributed by atoms with Gasteiger partial charge < -0.3 is 4.74 Å². The number of ether oxygens (including phenoxy) is 1. The number of hydrogen-bond acceptors (Lipinski definition) is 1. The minimum absolute atomic E-state index is 0.125. The normalized spacial score (nSPS) is 29.0. The predicted octanol–water partition coefficient (Wildman–Crippen LogP) is 1.50. The highest BCUT2D eigenvalue weighted by Crippen LogP contribution is 2.33. The molecule has 1 heterocycles. The zero-order valence-electron chi connectivity index (χ0n) is 3.08. The van der Waals surface area contributed by atoms with Crippen LogP contribution >= 0.6 is 31.9 Å². The van der Waals surface area contributed by atoms with Gasteiger partial charge in [-0.2, -0.15) is 0 Å². The molecule has 0 aromatic carbocycles. The Morgan fingerprint density at radius 3 is 1.67 bits per heavy atom. The summed E-state index contributed by atoms with van der Waals surface area (Å²) in [7, 11) is 0. The standard InChI is InChI=1S/C3H4Br2O/c4-3(5)1-6-2-3/h1-2H2. The van der Waals surface area contributed by atoms with E-state index in [1.54, 1.807) is 0 Å². The first-order valence-electron chi connectivity index (χ1n) is 1.66. The van der Waals surface area contributed by atoms with Crippen molar-refractivity contribution in [2.24, 2.45) is 0 Å². The molecule has 0 atom stereocenters. The van der Waals surface area contributed by atoms with Gasteiger partial charge in [0.15, 0.2) is 0 Å². The van der Waals surface area contributed by atoms with Gasteiger partial charge in [-0.05, 0) is 0 Å². The van der Waals surface area contributed by atoms with Gasteiger partial charge >= 0.3 is 0 Å². The maximum Gasteiger partial charge on any atom is 0.127 e. The van der Waals surface area contributed by atoms with Crippen LogP contribution in [0.5, 0.6) is 0 Å². The van der Waals surface area contributed by atoms with Gasteiger partial charge in [-0.1, -0.05) is 31.9 Å². The van der Waals surface area contributed by atoms with Crippen LogP contribution in [0.4, 0.5) is 0 Å². The predicted molar refractivity (Wildman–Crippen MR) is 31.4 cm³/mol. The molecule has 3 heteroatoms. The summed E-state index contributed by atoms with van der Waals surface area (Å²) < 4.78 is 4.97. The van der Waals surface area contributed by atoms with Crippen molar-refractivity contribution >= 4 is 31.9 Å². The van der Waals surface area contributed by atoms with Crippen molar-refractivity contribution in [1.82, 2.24) is 0 Å². The SMILES string of the molecule is BrC1(Br)COC1. The summed E-state index contributed by atoms with van der Waals surface area (Å²) in [6, 6.07) is 0. The molecule has 0 amide bonds. The van der Waals surface area contributed by atoms with Gasteiger partial charge in [0.1, 0.15) is 3.23 Å². The number of alkyl halides is 2. The van der Waals surface area contributed by atoms with Crippen molar-refractivity contribution < 1.29 is 4.74 Å². The van der Waals surface area contributed by atoms with E-state index in [0.717, 1.165) is 13.2 Å². The number of rotatable bonds is 0. The molecule has 0 aliphatic carbocycles. The van der Waals surface area contributed by atoms with Gasteiger partial charge in [0.25, 0.3) is 0 Å². The van der Waals surface area contributed by atoms with Crippen LogP contribution in [0, 0.1) is 0 Å². The molecular weight excluding hydrogens is 212 g/mol. The van der Waals surface area contributed by atoms with Crippen LogP contribution in [-0.4, -0.2) is 16.4 Å². The second-order valence-corrected chi connectivity index (χ2v) is 5.45. The van der Waals surface area contributed by atoms with E-state index >= 15 is 0 Å². The smallest absolute Gasteiger partial charge is 0.127 e. The van der Waals surface area contributed by atoms with Crippen LogP contribution in [0.1, 0.15) is 0 Å². The van der Waals surface area contributed by atoms with Gasteiger partial charge in [0.05, 0.1) is 13.2 Å². The number of halogens is 2. The topological polar surface area (TPSA) is 9.23 Å². The lowest BCUT2D eigenvalue weighted by molar-refractivity contribution is 0.0370. The summed E-state index contributed by atoms with van der Waals surface area (Å²) in [6.07, 6.45) is 0. The lowest BCUT2D eigenvalue weighted by Gasteiger charge is -2.29. The Morgan fingerprint density at radius 2 is 1.67 bits per heavy atom. The number of hydrogen-bond donors (Lipinski definition) is 0. The average Bonchev–Trinajstić information content (AvgIpc) is 1.32. The van der Waals surface area contributed by atoms with Gasteiger partial charge in [0.2, 0.25) is 0 Å². The van der Waals surface area contributed by atoms with E-state index in [0.29, 0.717) is 0 Å². The zero-order valence-corrected chi connectivity index (χ0v) is 6.25. The molecular formula is C3H4Br2O. The largest absolute Gasteiger partial charge is 0.377 e. The fraction of sp³-hybridized carbons (Fsp3) is 1.00. The zero-order chi connectivity index (χ0) is 4.62. The lowest BCUT2D eigenvalue weighted by atomic mass is 10.4. The van der Waals surface area contributed by atoms with Crippen LogP contribution in [0.15, 0.2) is 0 Å². The molecule has 1 saturated heterocycles. The first-order chi connectivity index (χ1) is 2.71. The maximum atomic E-state index is 4.84. The molecule has 0 radical (unpaired) electrons. The lowest BCUT2D eigenvalue weighted by Crippen LogP contribution is -2.37. The van der Waals surface area contributed by atoms with Gasteiger partial charge in [-0.3, -0.25) is 0 Å². The Morgan fingerprint density at radius 1 is 1.33 bits per heavy atom. The molecule has 0 unspecified atom stereocenters. The van der Waals surface area contributed by atoms with Crippen LogP contribution in [0.3, 0.4) is 0 Å². The summed E-state index contributed by atoms with van der Waals surface area (Å²) in [5.41, 5.74) is 0. The van der Waals surface area contributed by atoms with Crippen LogP contribution in [0.25, 0.3) is 0 Å². The van der Waals surface area contributed by atoms with Crippen molar-refractivity contribution in [1.29, 1.82) is 0 Å². The van der Waals surface area contributed by atoms with Crippen molar-refractivity contribution in [3.8, 4) is 0 Å². The van der Waals surface area contributed by atoms with E-state index in [-0.39, 0.29) is 3.23 Å². The fourth-order valence-corrected chi connectivity index (χ4v) is 0.904. The van der Waals surface area contributed by atoms with E-state index in [1.807, 2.05) is 0 Å². The minimum atomic E-state index is 0.125. The molecule has 1 rings (SSSR count). The Balaban J connectivity index is 2.31. The monoisotopic (exact) mass is 214 g/mol. The van der Waals surface area contributed by atoms with Crippen LogP contribution in [-0.2, 0) is 4.74 Å². The summed E-state index contributed by atoms with van der Waals surface area (Å²) >= 11 is 6.71. The molecule has 6 heavy (non-hydrogen) atoms. The second kappa shape index (κ2) is 1.46. The summed E-state index contributed by atoms with van der Waals surface area (Å²) in [5, 5.41) is 0. The van der Waals surface area contributed by atoms with Crippen molar-refractivity contribution in [2.75, 3.05) is 13.2 Å². The highest BCUT2D eigenvalue weighted by atomic mass is 79.9. The van der Waals surface area contributed by atoms with Crippen molar-refractivity contribution in [3.05, 3.63) is 0 Å². The maximum absolute atomic E-state index is 4.84.